The molecule has 0 aromatic heterocycles. The monoisotopic (exact) mass is 465 g/mol. The first kappa shape index (κ1) is 23.3. The lowest BCUT2D eigenvalue weighted by Gasteiger charge is -2.45. The number of fused-ring (bicyclic) bond motifs is 2. The molecule has 2 saturated heterocycles. The number of hydrogen-bond acceptors (Lipinski definition) is 5. The second-order valence-corrected chi connectivity index (χ2v) is 10.9. The van der Waals surface area contributed by atoms with Crippen LogP contribution in [0.2, 0.25) is 0 Å². The fourth-order valence-electron chi connectivity index (χ4n) is 6.65. The van der Waals surface area contributed by atoms with E-state index in [1.54, 1.807) is 6.08 Å². The van der Waals surface area contributed by atoms with Crippen LogP contribution in [0.1, 0.15) is 39.7 Å². The van der Waals surface area contributed by atoms with Crippen molar-refractivity contribution in [3.05, 3.63) is 60.2 Å². The van der Waals surface area contributed by atoms with Crippen LogP contribution < -0.4 is 5.32 Å². The second kappa shape index (κ2) is 8.35. The summed E-state index contributed by atoms with van der Waals surface area (Å²) in [5.74, 6) is -1.60. The number of allylic oxidation sites excluding steroid dienone is 1. The molecule has 6 nitrogen and oxygen atoms in total. The number of benzene rings is 1. The van der Waals surface area contributed by atoms with Gasteiger partial charge in [-0.1, -0.05) is 69.3 Å². The third-order valence-electron chi connectivity index (χ3n) is 8.83. The van der Waals surface area contributed by atoms with Gasteiger partial charge in [0.25, 0.3) is 5.91 Å². The maximum atomic E-state index is 13.8. The first-order chi connectivity index (χ1) is 16.2. The third-order valence-corrected chi connectivity index (χ3v) is 8.83. The molecule has 5 rings (SSSR count). The zero-order valence-electron chi connectivity index (χ0n) is 20.3. The van der Waals surface area contributed by atoms with Gasteiger partial charge in [-0.15, -0.1) is 0 Å². The Hall–Kier alpha value is -2.44. The van der Waals surface area contributed by atoms with Crippen LogP contribution in [-0.4, -0.2) is 46.4 Å². The van der Waals surface area contributed by atoms with Gasteiger partial charge in [0.15, 0.2) is 0 Å². The molecule has 1 spiro atoms. The molecule has 34 heavy (non-hydrogen) atoms. The molecule has 3 aliphatic heterocycles. The maximum absolute atomic E-state index is 13.8. The summed E-state index contributed by atoms with van der Waals surface area (Å²) in [6.45, 7) is 8.11. The van der Waals surface area contributed by atoms with Crippen molar-refractivity contribution < 1.29 is 24.2 Å². The summed E-state index contributed by atoms with van der Waals surface area (Å²) in [6, 6.07) is 9.92. The average molecular weight is 466 g/mol. The van der Waals surface area contributed by atoms with E-state index in [2.05, 4.69) is 31.3 Å². The number of rotatable bonds is 2. The molecular formula is C28H35NO5. The Morgan fingerprint density at radius 3 is 2.59 bits per heavy atom. The molecule has 0 radical (unpaired) electrons. The highest BCUT2D eigenvalue weighted by atomic mass is 16.6. The molecular weight excluding hydrogens is 430 g/mol. The van der Waals surface area contributed by atoms with Crippen LogP contribution in [-0.2, 0) is 25.5 Å². The first-order valence-corrected chi connectivity index (χ1v) is 12.5. The molecule has 10 atom stereocenters. The van der Waals surface area contributed by atoms with Crippen LogP contribution in [0.15, 0.2) is 54.6 Å². The topological polar surface area (TPSA) is 88.2 Å². The minimum atomic E-state index is -1.33. The summed E-state index contributed by atoms with van der Waals surface area (Å²) in [5, 5.41) is 13.8. The number of carbonyl (C=O) groups excluding carboxylic acids is 2. The Morgan fingerprint density at radius 1 is 1.12 bits per heavy atom. The molecule has 3 heterocycles. The van der Waals surface area contributed by atoms with Gasteiger partial charge in [-0.05, 0) is 37.2 Å². The van der Waals surface area contributed by atoms with Crippen molar-refractivity contribution in [3.8, 4) is 0 Å². The van der Waals surface area contributed by atoms with E-state index in [1.807, 2.05) is 44.2 Å². The molecule has 182 valence electrons. The highest BCUT2D eigenvalue weighted by molar-refractivity contribution is 5.94. The van der Waals surface area contributed by atoms with Crippen LogP contribution in [0.4, 0.5) is 0 Å². The van der Waals surface area contributed by atoms with Gasteiger partial charge < -0.3 is 19.9 Å². The highest BCUT2D eigenvalue weighted by Gasteiger charge is 2.78. The largest absolute Gasteiger partial charge is 0.445 e. The smallest absolute Gasteiger partial charge is 0.331 e. The van der Waals surface area contributed by atoms with Gasteiger partial charge in [-0.3, -0.25) is 4.79 Å². The number of aliphatic hydroxyl groups excluding tert-OH is 1. The van der Waals surface area contributed by atoms with Crippen molar-refractivity contribution in [1.82, 2.24) is 5.32 Å². The lowest BCUT2D eigenvalue weighted by molar-refractivity contribution is -0.177. The molecule has 1 aromatic carbocycles. The Balaban J connectivity index is 1.58. The fourth-order valence-corrected chi connectivity index (χ4v) is 6.65. The summed E-state index contributed by atoms with van der Waals surface area (Å²) >= 11 is 0. The van der Waals surface area contributed by atoms with Crippen molar-refractivity contribution in [2.45, 2.75) is 70.0 Å². The normalized spacial score (nSPS) is 45.7. The third kappa shape index (κ3) is 3.54. The van der Waals surface area contributed by atoms with Gasteiger partial charge in [0.1, 0.15) is 0 Å². The standard InChI is InChI=1S/C28H35NO5/c1-16-9-8-12-20-25-27(4,34-25)18(3)23-21(15-19-10-6-5-7-11-19)29-26(32)28(20,23)33-22(30)14-13-17(2)24(16)31/h5-8,10-14,16-18,20-21,23-25,31H,9,15H2,1-4H3,(H,29,32). The summed E-state index contributed by atoms with van der Waals surface area (Å²) in [5.41, 5.74) is -0.574. The Kier molecular flexibility index (Phi) is 5.72. The number of epoxide rings is 1. The van der Waals surface area contributed by atoms with Gasteiger partial charge in [-0.25, -0.2) is 4.79 Å². The van der Waals surface area contributed by atoms with Crippen LogP contribution in [0, 0.1) is 29.6 Å². The Bertz CT molecular complexity index is 1020. The van der Waals surface area contributed by atoms with E-state index in [0.717, 1.165) is 5.56 Å². The van der Waals surface area contributed by atoms with Gasteiger partial charge in [0, 0.05) is 24.0 Å². The van der Waals surface area contributed by atoms with Crippen LogP contribution >= 0.6 is 0 Å². The summed E-state index contributed by atoms with van der Waals surface area (Å²) in [7, 11) is 0. The van der Waals surface area contributed by atoms with Gasteiger partial charge in [-0.2, -0.15) is 0 Å². The zero-order valence-corrected chi connectivity index (χ0v) is 20.3. The molecule has 0 bridgehead atoms. The Labute approximate surface area is 201 Å². The number of amides is 1. The first-order valence-electron chi connectivity index (χ1n) is 12.5. The van der Waals surface area contributed by atoms with Crippen LogP contribution in [0.5, 0.6) is 0 Å². The quantitative estimate of drug-likeness (QED) is 0.398. The second-order valence-electron chi connectivity index (χ2n) is 10.9. The minimum Gasteiger partial charge on any atom is -0.445 e. The number of aliphatic hydroxyl groups is 1. The number of hydrogen-bond donors (Lipinski definition) is 2. The lowest BCUT2D eigenvalue weighted by atomic mass is 9.59. The molecule has 1 aromatic rings. The van der Waals surface area contributed by atoms with E-state index in [4.69, 9.17) is 9.47 Å². The molecule has 1 aliphatic carbocycles. The van der Waals surface area contributed by atoms with E-state index in [9.17, 15) is 14.7 Å². The van der Waals surface area contributed by atoms with Crippen LogP contribution in [0.25, 0.3) is 0 Å². The van der Waals surface area contributed by atoms with E-state index in [0.29, 0.717) is 12.8 Å². The summed E-state index contributed by atoms with van der Waals surface area (Å²) in [4.78, 5) is 26.9. The molecule has 10 unspecified atom stereocenters. The summed E-state index contributed by atoms with van der Waals surface area (Å²) in [6.07, 6.45) is 7.65. The molecule has 4 aliphatic rings. The Morgan fingerprint density at radius 2 is 1.85 bits per heavy atom. The molecule has 1 saturated carbocycles. The number of esters is 1. The molecule has 6 heteroatoms. The molecule has 3 fully saturated rings. The van der Waals surface area contributed by atoms with E-state index in [-0.39, 0.29) is 47.3 Å². The SMILES string of the molecule is CC1C=CC(=O)OC23C(=O)NC(Cc4ccccc4)C2C(C)C2(C)OC2C3C=CCC(C)C1O. The van der Waals surface area contributed by atoms with E-state index < -0.39 is 23.6 Å². The predicted molar refractivity (Wildman–Crippen MR) is 128 cm³/mol. The predicted octanol–water partition coefficient (Wildman–Crippen LogP) is 3.20. The van der Waals surface area contributed by atoms with Gasteiger partial charge in [0.05, 0.1) is 23.7 Å². The maximum Gasteiger partial charge on any atom is 0.331 e. The van der Waals surface area contributed by atoms with Crippen molar-refractivity contribution in [2.75, 3.05) is 0 Å². The fraction of sp³-hybridized carbons (Fsp3) is 0.571. The molecule has 1 amide bonds. The number of nitrogens with one attached hydrogen (secondary N) is 1. The van der Waals surface area contributed by atoms with E-state index >= 15 is 0 Å². The lowest BCUT2D eigenvalue weighted by Crippen LogP contribution is -2.61. The van der Waals surface area contributed by atoms with Crippen molar-refractivity contribution in [1.29, 1.82) is 0 Å². The van der Waals surface area contributed by atoms with Crippen LogP contribution in [0.3, 0.4) is 0 Å². The van der Waals surface area contributed by atoms with Gasteiger partial charge in [0.2, 0.25) is 5.60 Å². The van der Waals surface area contributed by atoms with Crippen molar-refractivity contribution >= 4 is 11.9 Å². The highest BCUT2D eigenvalue weighted by Crippen LogP contribution is 2.63. The van der Waals surface area contributed by atoms with Crippen molar-refractivity contribution in [2.24, 2.45) is 29.6 Å². The van der Waals surface area contributed by atoms with E-state index in [1.165, 1.54) is 6.08 Å². The average Bonchev–Trinajstić information content (AvgIpc) is 3.43. The van der Waals surface area contributed by atoms with Gasteiger partial charge >= 0.3 is 5.97 Å². The van der Waals surface area contributed by atoms with Crippen molar-refractivity contribution in [3.63, 3.8) is 0 Å². The number of carbonyl (C=O) groups is 2. The number of ether oxygens (including phenoxy) is 2. The zero-order chi connectivity index (χ0) is 24.3. The minimum absolute atomic E-state index is 0.00958. The summed E-state index contributed by atoms with van der Waals surface area (Å²) < 4.78 is 12.5. The molecule has 2 N–H and O–H groups in total.